The molecule has 0 unspecified atom stereocenters. The Bertz CT molecular complexity index is 570. The zero-order valence-electron chi connectivity index (χ0n) is 9.36. The van der Waals surface area contributed by atoms with Crippen LogP contribution in [0.1, 0.15) is 12.8 Å². The number of nitrogens with one attached hydrogen (secondary N) is 2. The van der Waals surface area contributed by atoms with Crippen molar-refractivity contribution in [3.05, 3.63) is 30.5 Å². The summed E-state index contributed by atoms with van der Waals surface area (Å²) >= 11 is 0. The zero-order chi connectivity index (χ0) is 11.9. The highest BCUT2D eigenvalue weighted by atomic mass is 16.4. The van der Waals surface area contributed by atoms with E-state index in [1.807, 2.05) is 30.5 Å². The van der Waals surface area contributed by atoms with Crippen LogP contribution in [0.3, 0.4) is 0 Å². The van der Waals surface area contributed by atoms with Crippen molar-refractivity contribution in [1.82, 2.24) is 4.98 Å². The summed E-state index contributed by atoms with van der Waals surface area (Å²) in [6.45, 7) is 0.504. The third kappa shape index (κ3) is 1.65. The van der Waals surface area contributed by atoms with Crippen LogP contribution in [0.5, 0.6) is 0 Å². The Morgan fingerprint density at radius 3 is 2.88 bits per heavy atom. The molecule has 1 aliphatic rings. The van der Waals surface area contributed by atoms with Crippen molar-refractivity contribution in [2.45, 2.75) is 12.8 Å². The van der Waals surface area contributed by atoms with Crippen LogP contribution in [-0.4, -0.2) is 22.6 Å². The summed E-state index contributed by atoms with van der Waals surface area (Å²) in [4.78, 5) is 14.2. The van der Waals surface area contributed by atoms with E-state index in [2.05, 4.69) is 10.3 Å². The molecule has 1 aromatic heterocycles. The van der Waals surface area contributed by atoms with Gasteiger partial charge in [-0.25, -0.2) is 0 Å². The molecule has 1 fully saturated rings. The summed E-state index contributed by atoms with van der Waals surface area (Å²) in [6, 6.07) is 7.98. The Kier molecular flexibility index (Phi) is 2.11. The largest absolute Gasteiger partial charge is 0.481 e. The molecule has 0 spiro atoms. The Hall–Kier alpha value is -1.97. The van der Waals surface area contributed by atoms with E-state index in [9.17, 15) is 4.79 Å². The summed E-state index contributed by atoms with van der Waals surface area (Å²) in [6.07, 6.45) is 3.44. The van der Waals surface area contributed by atoms with Gasteiger partial charge in [0.05, 0.1) is 11.1 Å². The number of carboxylic acid groups (broad SMARTS) is 1. The van der Waals surface area contributed by atoms with Crippen LogP contribution in [0.2, 0.25) is 0 Å². The highest BCUT2D eigenvalue weighted by Gasteiger charge is 2.50. The second-order valence-corrected chi connectivity index (χ2v) is 4.69. The Morgan fingerprint density at radius 2 is 2.18 bits per heavy atom. The SMILES string of the molecule is O=C(O)C1(CNc2c[nH]c3ccccc23)CC1. The van der Waals surface area contributed by atoms with Crippen molar-refractivity contribution in [3.63, 3.8) is 0 Å². The highest BCUT2D eigenvalue weighted by molar-refractivity contribution is 5.92. The van der Waals surface area contributed by atoms with E-state index in [0.717, 1.165) is 29.4 Å². The lowest BCUT2D eigenvalue weighted by atomic mass is 10.1. The van der Waals surface area contributed by atoms with Crippen LogP contribution in [0.4, 0.5) is 5.69 Å². The maximum atomic E-state index is 11.1. The van der Waals surface area contributed by atoms with Crippen molar-refractivity contribution in [3.8, 4) is 0 Å². The molecule has 17 heavy (non-hydrogen) atoms. The summed E-state index contributed by atoms with van der Waals surface area (Å²) in [7, 11) is 0. The number of fused-ring (bicyclic) bond motifs is 1. The van der Waals surface area contributed by atoms with E-state index >= 15 is 0 Å². The Morgan fingerprint density at radius 1 is 1.41 bits per heavy atom. The molecule has 2 aromatic rings. The number of rotatable bonds is 4. The number of aromatic nitrogens is 1. The number of H-pyrrole nitrogens is 1. The lowest BCUT2D eigenvalue weighted by Crippen LogP contribution is -2.24. The first-order valence-electron chi connectivity index (χ1n) is 5.75. The maximum absolute atomic E-state index is 11.1. The van der Waals surface area contributed by atoms with Gasteiger partial charge in [0.25, 0.3) is 0 Å². The van der Waals surface area contributed by atoms with Gasteiger partial charge in [0, 0.05) is 23.6 Å². The minimum atomic E-state index is -0.690. The maximum Gasteiger partial charge on any atom is 0.311 e. The van der Waals surface area contributed by atoms with Crippen molar-refractivity contribution in [1.29, 1.82) is 0 Å². The van der Waals surface area contributed by atoms with E-state index < -0.39 is 11.4 Å². The molecular formula is C13H14N2O2. The van der Waals surface area contributed by atoms with Gasteiger partial charge in [-0.15, -0.1) is 0 Å². The minimum Gasteiger partial charge on any atom is -0.481 e. The number of carboxylic acids is 1. The first kappa shape index (κ1) is 10.2. The molecule has 0 bridgehead atoms. The van der Waals surface area contributed by atoms with Crippen LogP contribution in [-0.2, 0) is 4.79 Å². The molecule has 1 heterocycles. The number of carbonyl (C=O) groups is 1. The molecule has 4 heteroatoms. The molecule has 4 nitrogen and oxygen atoms in total. The fourth-order valence-corrected chi connectivity index (χ4v) is 2.10. The van der Waals surface area contributed by atoms with Gasteiger partial charge in [-0.1, -0.05) is 18.2 Å². The molecule has 0 saturated heterocycles. The summed E-state index contributed by atoms with van der Waals surface area (Å²) in [5, 5.41) is 13.4. The molecule has 0 atom stereocenters. The van der Waals surface area contributed by atoms with Crippen LogP contribution in [0.15, 0.2) is 30.5 Å². The molecule has 0 aliphatic heterocycles. The summed E-state index contributed by atoms with van der Waals surface area (Å²) in [5.41, 5.74) is 1.52. The first-order chi connectivity index (χ1) is 8.21. The van der Waals surface area contributed by atoms with Crippen LogP contribution >= 0.6 is 0 Å². The number of aliphatic carboxylic acids is 1. The quantitative estimate of drug-likeness (QED) is 0.755. The molecule has 88 valence electrons. The van der Waals surface area contributed by atoms with E-state index in [0.29, 0.717) is 6.54 Å². The van der Waals surface area contributed by atoms with E-state index in [1.165, 1.54) is 0 Å². The van der Waals surface area contributed by atoms with Gasteiger partial charge < -0.3 is 15.4 Å². The zero-order valence-corrected chi connectivity index (χ0v) is 9.36. The molecule has 3 N–H and O–H groups in total. The fraction of sp³-hybridized carbons (Fsp3) is 0.308. The standard InChI is InChI=1S/C13H14N2O2/c16-12(17)13(5-6-13)8-15-11-7-14-10-4-2-1-3-9(10)11/h1-4,7,14-15H,5-6,8H2,(H,16,17). The van der Waals surface area contributed by atoms with Gasteiger partial charge in [0.1, 0.15) is 0 Å². The smallest absolute Gasteiger partial charge is 0.311 e. The monoisotopic (exact) mass is 230 g/mol. The fourth-order valence-electron chi connectivity index (χ4n) is 2.10. The Balaban J connectivity index is 1.80. The lowest BCUT2D eigenvalue weighted by Gasteiger charge is -2.11. The molecule has 1 aromatic carbocycles. The number of aromatic amines is 1. The van der Waals surface area contributed by atoms with Crippen molar-refractivity contribution < 1.29 is 9.90 Å². The summed E-state index contributed by atoms with van der Waals surface area (Å²) < 4.78 is 0. The van der Waals surface area contributed by atoms with Crippen molar-refractivity contribution >= 4 is 22.6 Å². The van der Waals surface area contributed by atoms with E-state index in [1.54, 1.807) is 0 Å². The number of hydrogen-bond acceptors (Lipinski definition) is 2. The van der Waals surface area contributed by atoms with Crippen molar-refractivity contribution in [2.24, 2.45) is 5.41 Å². The van der Waals surface area contributed by atoms with Gasteiger partial charge in [0.2, 0.25) is 0 Å². The van der Waals surface area contributed by atoms with E-state index in [4.69, 9.17) is 5.11 Å². The molecule has 1 aliphatic carbocycles. The minimum absolute atomic E-state index is 0.504. The normalized spacial score (nSPS) is 16.9. The average Bonchev–Trinajstić information content (AvgIpc) is 3.02. The first-order valence-corrected chi connectivity index (χ1v) is 5.75. The van der Waals surface area contributed by atoms with Gasteiger partial charge in [0.15, 0.2) is 0 Å². The predicted molar refractivity (Wildman–Crippen MR) is 66.1 cm³/mol. The predicted octanol–water partition coefficient (Wildman–Crippen LogP) is 2.44. The molecular weight excluding hydrogens is 216 g/mol. The van der Waals surface area contributed by atoms with E-state index in [-0.39, 0.29) is 0 Å². The van der Waals surface area contributed by atoms with Crippen molar-refractivity contribution in [2.75, 3.05) is 11.9 Å². The molecule has 3 rings (SSSR count). The second-order valence-electron chi connectivity index (χ2n) is 4.69. The van der Waals surface area contributed by atoms with Gasteiger partial charge in [-0.2, -0.15) is 0 Å². The third-order valence-corrected chi connectivity index (χ3v) is 3.51. The van der Waals surface area contributed by atoms with Crippen LogP contribution in [0, 0.1) is 5.41 Å². The topological polar surface area (TPSA) is 65.1 Å². The lowest BCUT2D eigenvalue weighted by molar-refractivity contribution is -0.142. The van der Waals surface area contributed by atoms with Crippen LogP contribution in [0.25, 0.3) is 10.9 Å². The number of para-hydroxylation sites is 1. The second kappa shape index (κ2) is 3.52. The average molecular weight is 230 g/mol. The highest BCUT2D eigenvalue weighted by Crippen LogP contribution is 2.46. The number of anilines is 1. The van der Waals surface area contributed by atoms with Gasteiger partial charge >= 0.3 is 5.97 Å². The molecule has 1 saturated carbocycles. The Labute approximate surface area is 98.6 Å². The van der Waals surface area contributed by atoms with Gasteiger partial charge in [-0.3, -0.25) is 4.79 Å². The van der Waals surface area contributed by atoms with Crippen LogP contribution < -0.4 is 5.32 Å². The third-order valence-electron chi connectivity index (χ3n) is 3.51. The summed E-state index contributed by atoms with van der Waals surface area (Å²) in [5.74, 6) is -0.690. The number of benzene rings is 1. The molecule has 0 radical (unpaired) electrons. The van der Waals surface area contributed by atoms with Gasteiger partial charge in [-0.05, 0) is 18.9 Å². The molecule has 0 amide bonds. The number of hydrogen-bond donors (Lipinski definition) is 3.